The lowest BCUT2D eigenvalue weighted by Gasteiger charge is -2.35. The molecule has 0 radical (unpaired) electrons. The number of H-pyrrole nitrogens is 1. The van der Waals surface area contributed by atoms with Crippen LogP contribution in [0.15, 0.2) is 66.7 Å². The van der Waals surface area contributed by atoms with Gasteiger partial charge in [-0.1, -0.05) is 49.4 Å². The van der Waals surface area contributed by atoms with Crippen molar-refractivity contribution in [3.63, 3.8) is 0 Å². The van der Waals surface area contributed by atoms with E-state index in [9.17, 15) is 8.78 Å². The minimum Gasteiger partial charge on any atom is -0.358 e. The minimum absolute atomic E-state index is 0.0777. The highest BCUT2D eigenvalue weighted by molar-refractivity contribution is 7.99. The molecule has 0 saturated heterocycles. The second-order valence-corrected chi connectivity index (χ2v) is 11.0. The van der Waals surface area contributed by atoms with Crippen LogP contribution in [-0.2, 0) is 25.8 Å². The monoisotopic (exact) mass is 505 g/mol. The number of rotatable bonds is 9. The van der Waals surface area contributed by atoms with E-state index in [2.05, 4.69) is 65.8 Å². The molecule has 3 atom stereocenters. The van der Waals surface area contributed by atoms with Crippen molar-refractivity contribution in [2.45, 2.75) is 44.0 Å². The average molecular weight is 506 g/mol. The number of benzene rings is 3. The fraction of sp³-hybridized carbons (Fsp3) is 0.333. The maximum Gasteiger partial charge on any atom is 0.126 e. The summed E-state index contributed by atoms with van der Waals surface area (Å²) in [5, 5.41) is 5.09. The summed E-state index contributed by atoms with van der Waals surface area (Å²) in [5.41, 5.74) is 13.8. The third-order valence-corrected chi connectivity index (χ3v) is 8.59. The van der Waals surface area contributed by atoms with Gasteiger partial charge >= 0.3 is 0 Å². The Morgan fingerprint density at radius 2 is 1.78 bits per heavy atom. The topological polar surface area (TPSA) is 53.8 Å². The Bertz CT molecular complexity index is 1310. The second-order valence-electron chi connectivity index (χ2n) is 9.72. The predicted molar refractivity (Wildman–Crippen MR) is 146 cm³/mol. The number of aromatic nitrogens is 1. The van der Waals surface area contributed by atoms with Crippen LogP contribution in [0.25, 0.3) is 10.9 Å². The van der Waals surface area contributed by atoms with Crippen molar-refractivity contribution in [1.29, 1.82) is 0 Å². The molecule has 2 heterocycles. The third kappa shape index (κ3) is 5.51. The van der Waals surface area contributed by atoms with Crippen molar-refractivity contribution in [2.24, 2.45) is 11.7 Å². The van der Waals surface area contributed by atoms with Crippen molar-refractivity contribution >= 4 is 22.7 Å². The summed E-state index contributed by atoms with van der Waals surface area (Å²) in [6.07, 6.45) is 2.42. The van der Waals surface area contributed by atoms with E-state index < -0.39 is 11.6 Å². The van der Waals surface area contributed by atoms with Crippen LogP contribution in [-0.4, -0.2) is 23.3 Å². The molecule has 6 heteroatoms. The summed E-state index contributed by atoms with van der Waals surface area (Å²) in [7, 11) is 0. The molecule has 0 saturated carbocycles. The number of para-hydroxylation sites is 1. The lowest BCUT2D eigenvalue weighted by molar-refractivity contribution is 0.381. The molecule has 0 fully saturated rings. The first kappa shape index (κ1) is 25.0. The zero-order chi connectivity index (χ0) is 25.1. The van der Waals surface area contributed by atoms with E-state index in [0.717, 1.165) is 36.7 Å². The summed E-state index contributed by atoms with van der Waals surface area (Å²) in [6, 6.07) is 20.5. The van der Waals surface area contributed by atoms with Crippen molar-refractivity contribution in [3.05, 3.63) is 106 Å². The van der Waals surface area contributed by atoms with Crippen LogP contribution in [0.2, 0.25) is 0 Å². The molecule has 188 valence electrons. The summed E-state index contributed by atoms with van der Waals surface area (Å²) in [5.74, 6) is -0.0304. The maximum absolute atomic E-state index is 13.9. The molecular formula is C30H33F2N3S. The Morgan fingerprint density at radius 3 is 2.58 bits per heavy atom. The minimum atomic E-state index is -0.561. The Kier molecular flexibility index (Phi) is 7.75. The Morgan fingerprint density at radius 1 is 1.00 bits per heavy atom. The van der Waals surface area contributed by atoms with Crippen LogP contribution >= 0.6 is 11.8 Å². The Labute approximate surface area is 215 Å². The van der Waals surface area contributed by atoms with E-state index in [1.54, 1.807) is 0 Å². The second kappa shape index (κ2) is 11.2. The van der Waals surface area contributed by atoms with Gasteiger partial charge in [0.2, 0.25) is 0 Å². The van der Waals surface area contributed by atoms with Gasteiger partial charge in [-0.2, -0.15) is 11.8 Å². The number of aryl methyl sites for hydroxylation is 2. The highest BCUT2D eigenvalue weighted by atomic mass is 32.2. The zero-order valence-electron chi connectivity index (χ0n) is 20.6. The van der Waals surface area contributed by atoms with Gasteiger partial charge in [0.15, 0.2) is 0 Å². The number of nitrogens with two attached hydrogens (primary N) is 1. The molecule has 4 aromatic rings. The molecule has 3 nitrogen and oxygen atoms in total. The van der Waals surface area contributed by atoms with Gasteiger partial charge in [-0.15, -0.1) is 0 Å². The van der Waals surface area contributed by atoms with Crippen LogP contribution in [0, 0.1) is 17.6 Å². The highest BCUT2D eigenvalue weighted by Crippen LogP contribution is 2.46. The quantitative estimate of drug-likeness (QED) is 0.250. The molecule has 2 unspecified atom stereocenters. The number of hydrogen-bond donors (Lipinski definition) is 3. The highest BCUT2D eigenvalue weighted by Gasteiger charge is 2.34. The summed E-state index contributed by atoms with van der Waals surface area (Å²) in [4.78, 5) is 3.63. The molecular weight excluding hydrogens is 472 g/mol. The molecule has 1 aliphatic rings. The van der Waals surface area contributed by atoms with E-state index in [1.807, 2.05) is 11.8 Å². The van der Waals surface area contributed by atoms with Crippen LogP contribution in [0.1, 0.15) is 40.1 Å². The number of fused-ring (bicyclic) bond motifs is 3. The molecule has 0 spiro atoms. The fourth-order valence-corrected chi connectivity index (χ4v) is 6.99. The van der Waals surface area contributed by atoms with E-state index in [4.69, 9.17) is 5.73 Å². The van der Waals surface area contributed by atoms with Gasteiger partial charge in [0, 0.05) is 53.0 Å². The standard InChI is InChI=1S/C30H33F2N3S/c1-2-19-6-5-7-20(12-19)17-34-18-25(26(33)15-21-13-22(31)16-23(32)14-21)30-29-24-8-3-4-9-27(24)35-28(29)10-11-36-30/h3-9,12-14,16,25-26,30,34-35H,2,10-11,15,17-18,33H2,1H3/t25?,26?,30-/m1/s1. The van der Waals surface area contributed by atoms with Gasteiger partial charge in [-0.3, -0.25) is 0 Å². The number of nitrogens with one attached hydrogen (secondary N) is 2. The zero-order valence-corrected chi connectivity index (χ0v) is 21.4. The van der Waals surface area contributed by atoms with Crippen LogP contribution in [0.5, 0.6) is 0 Å². The van der Waals surface area contributed by atoms with Crippen molar-refractivity contribution in [1.82, 2.24) is 10.3 Å². The molecule has 0 aliphatic carbocycles. The van der Waals surface area contributed by atoms with Gasteiger partial charge in [0.1, 0.15) is 11.6 Å². The molecule has 0 bridgehead atoms. The number of halogens is 2. The molecule has 3 aromatic carbocycles. The average Bonchev–Trinajstić information content (AvgIpc) is 3.25. The number of hydrogen-bond acceptors (Lipinski definition) is 3. The lowest BCUT2D eigenvalue weighted by Crippen LogP contribution is -2.42. The van der Waals surface area contributed by atoms with Gasteiger partial charge in [-0.05, 0) is 65.5 Å². The van der Waals surface area contributed by atoms with Crippen molar-refractivity contribution in [2.75, 3.05) is 12.3 Å². The van der Waals surface area contributed by atoms with Crippen LogP contribution in [0.4, 0.5) is 8.78 Å². The van der Waals surface area contributed by atoms with Gasteiger partial charge < -0.3 is 16.0 Å². The van der Waals surface area contributed by atoms with Gasteiger partial charge in [0.25, 0.3) is 0 Å². The lowest BCUT2D eigenvalue weighted by atomic mass is 9.86. The van der Waals surface area contributed by atoms with E-state index in [0.29, 0.717) is 18.5 Å². The molecule has 1 aromatic heterocycles. The molecule has 0 amide bonds. The first-order chi connectivity index (χ1) is 17.5. The fourth-order valence-electron chi connectivity index (χ4n) is 5.43. The van der Waals surface area contributed by atoms with Gasteiger partial charge in [0.05, 0.1) is 0 Å². The van der Waals surface area contributed by atoms with E-state index in [-0.39, 0.29) is 17.2 Å². The summed E-state index contributed by atoms with van der Waals surface area (Å²) >= 11 is 1.94. The SMILES string of the molecule is CCc1cccc(CNCC(C(N)Cc2cc(F)cc(F)c2)[C@H]2SCCc3[nH]c4ccccc4c32)c1. The Balaban J connectivity index is 1.43. The Hall–Kier alpha value is -2.67. The molecule has 5 rings (SSSR count). The van der Waals surface area contributed by atoms with Crippen LogP contribution < -0.4 is 11.1 Å². The first-order valence-electron chi connectivity index (χ1n) is 12.7. The third-order valence-electron chi connectivity index (χ3n) is 7.20. The maximum atomic E-state index is 13.9. The molecule has 36 heavy (non-hydrogen) atoms. The predicted octanol–water partition coefficient (Wildman–Crippen LogP) is 6.31. The van der Waals surface area contributed by atoms with E-state index in [1.165, 1.54) is 39.9 Å². The number of aromatic amines is 1. The molecule has 1 aliphatic heterocycles. The van der Waals surface area contributed by atoms with Crippen molar-refractivity contribution in [3.8, 4) is 0 Å². The summed E-state index contributed by atoms with van der Waals surface area (Å²) in [6.45, 7) is 3.63. The smallest absolute Gasteiger partial charge is 0.126 e. The summed E-state index contributed by atoms with van der Waals surface area (Å²) < 4.78 is 27.8. The van der Waals surface area contributed by atoms with E-state index >= 15 is 0 Å². The largest absolute Gasteiger partial charge is 0.358 e. The van der Waals surface area contributed by atoms with Crippen LogP contribution in [0.3, 0.4) is 0 Å². The van der Waals surface area contributed by atoms with Crippen molar-refractivity contribution < 1.29 is 8.78 Å². The van der Waals surface area contributed by atoms with Gasteiger partial charge in [-0.25, -0.2) is 8.78 Å². The number of thioether (sulfide) groups is 1. The first-order valence-corrected chi connectivity index (χ1v) is 13.8. The molecule has 4 N–H and O–H groups in total. The normalized spacial score (nSPS) is 17.2.